The molecule has 0 bridgehead atoms. The Labute approximate surface area is 114 Å². The molecule has 1 atom stereocenters. The quantitative estimate of drug-likeness (QED) is 0.668. The van der Waals surface area contributed by atoms with Gasteiger partial charge in [0.15, 0.2) is 0 Å². The topological polar surface area (TPSA) is 21.3 Å². The molecule has 1 aliphatic rings. The molecule has 2 nitrogen and oxygen atoms in total. The molecule has 0 aliphatic heterocycles. The summed E-state index contributed by atoms with van der Waals surface area (Å²) in [5.74, 6) is 0.840. The minimum absolute atomic E-state index is 0.132. The molecule has 0 heterocycles. The Balaban J connectivity index is 2.72. The van der Waals surface area contributed by atoms with Crippen molar-refractivity contribution in [2.45, 2.75) is 84.3 Å². The minimum atomic E-state index is 0.132. The van der Waals surface area contributed by atoms with Gasteiger partial charge < -0.3 is 10.1 Å². The summed E-state index contributed by atoms with van der Waals surface area (Å²) in [5, 5.41) is 3.72. The van der Waals surface area contributed by atoms with Crippen LogP contribution in [0.5, 0.6) is 0 Å². The average Bonchev–Trinajstić information content (AvgIpc) is 2.84. The number of ether oxygens (including phenoxy) is 1. The molecule has 1 aliphatic carbocycles. The second kappa shape index (κ2) is 8.16. The minimum Gasteiger partial charge on any atom is -0.374 e. The standard InChI is InChI=1S/C16H33NO/c1-5-14(6-2)13-15(17-7-3)16(18-8-4)11-9-10-12-16/h14-15,17H,5-13H2,1-4H3. The second-order valence-corrected chi connectivity index (χ2v) is 5.73. The zero-order chi connectivity index (χ0) is 13.4. The molecule has 0 aromatic heterocycles. The van der Waals surface area contributed by atoms with Crippen LogP contribution in [0, 0.1) is 5.92 Å². The maximum absolute atomic E-state index is 6.23. The van der Waals surface area contributed by atoms with Crippen LogP contribution in [0.3, 0.4) is 0 Å². The fourth-order valence-electron chi connectivity index (χ4n) is 3.54. The SMILES string of the molecule is CCNC(CC(CC)CC)C1(OCC)CCCC1. The predicted molar refractivity (Wildman–Crippen MR) is 79.0 cm³/mol. The van der Waals surface area contributed by atoms with E-state index in [9.17, 15) is 0 Å². The van der Waals surface area contributed by atoms with Gasteiger partial charge in [0.2, 0.25) is 0 Å². The van der Waals surface area contributed by atoms with Gasteiger partial charge in [-0.2, -0.15) is 0 Å². The molecule has 0 amide bonds. The first kappa shape index (κ1) is 16.0. The predicted octanol–water partition coefficient (Wildman–Crippen LogP) is 4.14. The first-order valence-electron chi connectivity index (χ1n) is 8.09. The van der Waals surface area contributed by atoms with Crippen LogP contribution in [0.15, 0.2) is 0 Å². The number of likely N-dealkylation sites (N-methyl/N-ethyl adjacent to an activating group) is 1. The summed E-state index contributed by atoms with van der Waals surface area (Å²) in [6.07, 6.45) is 9.04. The van der Waals surface area contributed by atoms with Crippen molar-refractivity contribution < 1.29 is 4.74 Å². The highest BCUT2D eigenvalue weighted by atomic mass is 16.5. The van der Waals surface area contributed by atoms with Crippen LogP contribution < -0.4 is 5.32 Å². The summed E-state index contributed by atoms with van der Waals surface area (Å²) < 4.78 is 6.23. The van der Waals surface area contributed by atoms with E-state index in [1.165, 1.54) is 44.9 Å². The molecule has 0 radical (unpaired) electrons. The molecule has 1 N–H and O–H groups in total. The normalized spacial score (nSPS) is 20.5. The molecule has 2 heteroatoms. The van der Waals surface area contributed by atoms with Crippen molar-refractivity contribution in [1.29, 1.82) is 0 Å². The van der Waals surface area contributed by atoms with Crippen LogP contribution in [0.2, 0.25) is 0 Å². The van der Waals surface area contributed by atoms with Crippen LogP contribution in [0.1, 0.15) is 72.6 Å². The molecule has 1 rings (SSSR count). The highest BCUT2D eigenvalue weighted by molar-refractivity contribution is 4.97. The average molecular weight is 255 g/mol. The van der Waals surface area contributed by atoms with E-state index in [1.54, 1.807) is 0 Å². The lowest BCUT2D eigenvalue weighted by atomic mass is 9.83. The fourth-order valence-corrected chi connectivity index (χ4v) is 3.54. The van der Waals surface area contributed by atoms with Crippen molar-refractivity contribution in [3.8, 4) is 0 Å². The summed E-state index contributed by atoms with van der Waals surface area (Å²) in [6, 6.07) is 0.551. The van der Waals surface area contributed by atoms with E-state index in [0.717, 1.165) is 19.1 Å². The third kappa shape index (κ3) is 3.96. The summed E-state index contributed by atoms with van der Waals surface area (Å²) in [7, 11) is 0. The summed E-state index contributed by atoms with van der Waals surface area (Å²) >= 11 is 0. The largest absolute Gasteiger partial charge is 0.374 e. The second-order valence-electron chi connectivity index (χ2n) is 5.73. The lowest BCUT2D eigenvalue weighted by Gasteiger charge is -2.39. The Hall–Kier alpha value is -0.0800. The lowest BCUT2D eigenvalue weighted by molar-refractivity contribution is -0.0663. The van der Waals surface area contributed by atoms with Gasteiger partial charge in [0, 0.05) is 12.6 Å². The Bertz CT molecular complexity index is 207. The van der Waals surface area contributed by atoms with E-state index in [1.807, 2.05) is 0 Å². The lowest BCUT2D eigenvalue weighted by Crippen LogP contribution is -2.51. The molecule has 108 valence electrons. The Morgan fingerprint density at radius 3 is 2.11 bits per heavy atom. The van der Waals surface area contributed by atoms with Gasteiger partial charge in [-0.15, -0.1) is 0 Å². The van der Waals surface area contributed by atoms with Crippen molar-refractivity contribution in [3.05, 3.63) is 0 Å². The summed E-state index contributed by atoms with van der Waals surface area (Å²) in [6.45, 7) is 10.9. The molecule has 18 heavy (non-hydrogen) atoms. The molecule has 1 saturated carbocycles. The summed E-state index contributed by atoms with van der Waals surface area (Å²) in [4.78, 5) is 0. The van der Waals surface area contributed by atoms with Gasteiger partial charge in [0.1, 0.15) is 0 Å². The monoisotopic (exact) mass is 255 g/mol. The smallest absolute Gasteiger partial charge is 0.0834 e. The maximum atomic E-state index is 6.23. The summed E-state index contributed by atoms with van der Waals surface area (Å²) in [5.41, 5.74) is 0.132. The molecule has 0 spiro atoms. The fraction of sp³-hybridized carbons (Fsp3) is 1.00. The number of hydrogen-bond acceptors (Lipinski definition) is 2. The van der Waals surface area contributed by atoms with Gasteiger partial charge in [-0.25, -0.2) is 0 Å². The Morgan fingerprint density at radius 2 is 1.67 bits per heavy atom. The Kier molecular flexibility index (Phi) is 7.25. The highest BCUT2D eigenvalue weighted by Crippen LogP contribution is 2.38. The number of hydrogen-bond donors (Lipinski definition) is 1. The zero-order valence-electron chi connectivity index (χ0n) is 12.9. The van der Waals surface area contributed by atoms with Crippen molar-refractivity contribution in [3.63, 3.8) is 0 Å². The van der Waals surface area contributed by atoms with Gasteiger partial charge in [-0.3, -0.25) is 0 Å². The molecule has 1 unspecified atom stereocenters. The van der Waals surface area contributed by atoms with Crippen molar-refractivity contribution in [1.82, 2.24) is 5.32 Å². The van der Waals surface area contributed by atoms with Crippen molar-refractivity contribution in [2.75, 3.05) is 13.2 Å². The van der Waals surface area contributed by atoms with E-state index in [2.05, 4.69) is 33.0 Å². The van der Waals surface area contributed by atoms with Gasteiger partial charge in [-0.1, -0.05) is 46.5 Å². The highest BCUT2D eigenvalue weighted by Gasteiger charge is 2.42. The first-order valence-corrected chi connectivity index (χ1v) is 8.09. The van der Waals surface area contributed by atoms with E-state index in [-0.39, 0.29) is 5.60 Å². The third-order valence-corrected chi connectivity index (χ3v) is 4.69. The van der Waals surface area contributed by atoms with Gasteiger partial charge in [-0.05, 0) is 38.6 Å². The van der Waals surface area contributed by atoms with E-state index < -0.39 is 0 Å². The maximum Gasteiger partial charge on any atom is 0.0834 e. The Morgan fingerprint density at radius 1 is 1.06 bits per heavy atom. The molecule has 0 saturated heterocycles. The first-order chi connectivity index (χ1) is 8.72. The van der Waals surface area contributed by atoms with E-state index in [0.29, 0.717) is 6.04 Å². The molecular weight excluding hydrogens is 222 g/mol. The van der Waals surface area contributed by atoms with Crippen molar-refractivity contribution in [2.24, 2.45) is 5.92 Å². The van der Waals surface area contributed by atoms with E-state index >= 15 is 0 Å². The van der Waals surface area contributed by atoms with Crippen molar-refractivity contribution >= 4 is 0 Å². The molecular formula is C16H33NO. The van der Waals surface area contributed by atoms with Crippen LogP contribution >= 0.6 is 0 Å². The molecule has 0 aromatic carbocycles. The van der Waals surface area contributed by atoms with E-state index in [4.69, 9.17) is 4.74 Å². The number of rotatable bonds is 9. The van der Waals surface area contributed by atoms with Crippen LogP contribution in [-0.4, -0.2) is 24.8 Å². The van der Waals surface area contributed by atoms with Gasteiger partial charge in [0.25, 0.3) is 0 Å². The molecule has 1 fully saturated rings. The third-order valence-electron chi connectivity index (χ3n) is 4.69. The van der Waals surface area contributed by atoms with Crippen LogP contribution in [0.25, 0.3) is 0 Å². The van der Waals surface area contributed by atoms with Gasteiger partial charge >= 0.3 is 0 Å². The molecule has 0 aromatic rings. The number of nitrogens with one attached hydrogen (secondary N) is 1. The van der Waals surface area contributed by atoms with Crippen LogP contribution in [-0.2, 0) is 4.74 Å². The van der Waals surface area contributed by atoms with Crippen LogP contribution in [0.4, 0.5) is 0 Å². The van der Waals surface area contributed by atoms with Gasteiger partial charge in [0.05, 0.1) is 5.60 Å². The zero-order valence-corrected chi connectivity index (χ0v) is 12.9.